The lowest BCUT2D eigenvalue weighted by atomic mass is 10.4. The summed E-state index contributed by atoms with van der Waals surface area (Å²) in [4.78, 5) is 0. The van der Waals surface area contributed by atoms with Crippen molar-refractivity contribution in [1.29, 1.82) is 0 Å². The fourth-order valence-corrected chi connectivity index (χ4v) is 4.59. The molecule has 0 saturated carbocycles. The Bertz CT molecular complexity index is 140. The van der Waals surface area contributed by atoms with Crippen LogP contribution in [0.3, 0.4) is 0 Å². The van der Waals surface area contributed by atoms with Gasteiger partial charge in [0.2, 0.25) is 0 Å². The molecule has 2 nitrogen and oxygen atoms in total. The molecule has 0 aromatic heterocycles. The molecule has 0 aromatic rings. The van der Waals surface area contributed by atoms with Gasteiger partial charge >= 0.3 is 0 Å². The van der Waals surface area contributed by atoms with Crippen LogP contribution in [0, 0.1) is 0 Å². The zero-order valence-corrected chi connectivity index (χ0v) is 11.4. The van der Waals surface area contributed by atoms with Crippen LogP contribution in [0.15, 0.2) is 0 Å². The van der Waals surface area contributed by atoms with Crippen LogP contribution in [0.1, 0.15) is 59.3 Å². The largest absolute Gasteiger partial charge is 0.870 e. The average Bonchev–Trinajstić information content (AvgIpc) is 2.21. The minimum absolute atomic E-state index is 0. The molecule has 0 unspecified atom stereocenters. The third kappa shape index (κ3) is 9.06. The number of hydrogen-bond acceptors (Lipinski definition) is 2. The van der Waals surface area contributed by atoms with Gasteiger partial charge in [-0.3, -0.25) is 0 Å². The van der Waals surface area contributed by atoms with E-state index in [4.69, 9.17) is 0 Å². The lowest BCUT2D eigenvalue weighted by Gasteiger charge is -2.11. The number of rotatable bonds is 9. The van der Waals surface area contributed by atoms with E-state index < -0.39 is 9.93 Å². The average molecular weight is 236 g/mol. The minimum atomic E-state index is -1.48. The van der Waals surface area contributed by atoms with Crippen molar-refractivity contribution in [2.45, 2.75) is 59.3 Å². The maximum atomic E-state index is 12.5. The predicted octanol–water partition coefficient (Wildman–Crippen LogP) is 3.71. The van der Waals surface area contributed by atoms with Crippen LogP contribution in [-0.4, -0.2) is 22.7 Å². The van der Waals surface area contributed by atoms with E-state index in [1.165, 1.54) is 19.3 Å². The van der Waals surface area contributed by atoms with Crippen molar-refractivity contribution < 1.29 is 9.69 Å². The van der Waals surface area contributed by atoms with E-state index >= 15 is 0 Å². The van der Waals surface area contributed by atoms with Gasteiger partial charge in [-0.1, -0.05) is 40.0 Å². The van der Waals surface area contributed by atoms with E-state index in [9.17, 15) is 4.21 Å². The quantitative estimate of drug-likeness (QED) is 0.573. The van der Waals surface area contributed by atoms with Crippen molar-refractivity contribution >= 4 is 9.93 Å². The molecule has 94 valence electrons. The number of unbranched alkanes of at least 4 members (excludes halogenated alkanes) is 3. The standard InChI is InChI=1S/C12H27OS.H2O/c1-4-7-10-14(13,11-8-5-2)12-9-6-3;/h4-12H2,1-3H3;1H2/q+1;/p-1. The Morgan fingerprint density at radius 2 is 1.00 bits per heavy atom. The first-order valence-electron chi connectivity index (χ1n) is 6.15. The van der Waals surface area contributed by atoms with E-state index in [1.807, 2.05) is 0 Å². The van der Waals surface area contributed by atoms with Gasteiger partial charge in [0, 0.05) is 0 Å². The monoisotopic (exact) mass is 236 g/mol. The Morgan fingerprint density at radius 3 is 1.20 bits per heavy atom. The van der Waals surface area contributed by atoms with Crippen molar-refractivity contribution in [3.8, 4) is 0 Å². The van der Waals surface area contributed by atoms with E-state index in [0.717, 1.165) is 36.5 Å². The second-order valence-corrected chi connectivity index (χ2v) is 7.30. The molecule has 0 atom stereocenters. The molecule has 1 N–H and O–H groups in total. The molecule has 0 aliphatic rings. The molecule has 0 saturated heterocycles. The topological polar surface area (TPSA) is 47.1 Å². The number of hydrogen-bond donors (Lipinski definition) is 0. The van der Waals surface area contributed by atoms with Gasteiger partial charge < -0.3 is 5.48 Å². The first kappa shape index (κ1) is 17.5. The van der Waals surface area contributed by atoms with Crippen LogP contribution >= 0.6 is 0 Å². The van der Waals surface area contributed by atoms with Gasteiger partial charge in [0.25, 0.3) is 0 Å². The van der Waals surface area contributed by atoms with Crippen LogP contribution in [-0.2, 0) is 14.1 Å². The summed E-state index contributed by atoms with van der Waals surface area (Å²) in [5.74, 6) is 2.93. The summed E-state index contributed by atoms with van der Waals surface area (Å²) in [6, 6.07) is 0. The lowest BCUT2D eigenvalue weighted by molar-refractivity contribution is 0.577. The first-order chi connectivity index (χ1) is 6.68. The summed E-state index contributed by atoms with van der Waals surface area (Å²) in [5, 5.41) is 0. The highest BCUT2D eigenvalue weighted by atomic mass is 32.2. The summed E-state index contributed by atoms with van der Waals surface area (Å²) >= 11 is 0. The Balaban J connectivity index is 0. The summed E-state index contributed by atoms with van der Waals surface area (Å²) in [6.45, 7) is 6.54. The van der Waals surface area contributed by atoms with Crippen molar-refractivity contribution in [3.63, 3.8) is 0 Å². The van der Waals surface area contributed by atoms with Crippen LogP contribution in [0.4, 0.5) is 0 Å². The van der Waals surface area contributed by atoms with Crippen LogP contribution < -0.4 is 0 Å². The molecule has 0 heterocycles. The SMILES string of the molecule is CCCC[S+](=O)(CCCC)CCCC.[OH-]. The van der Waals surface area contributed by atoms with Crippen LogP contribution in [0.25, 0.3) is 0 Å². The van der Waals surface area contributed by atoms with Gasteiger partial charge in [-0.15, -0.1) is 4.21 Å². The molecule has 15 heavy (non-hydrogen) atoms. The zero-order chi connectivity index (χ0) is 10.9. The first-order valence-corrected chi connectivity index (χ1v) is 8.22. The summed E-state index contributed by atoms with van der Waals surface area (Å²) in [6.07, 6.45) is 6.96. The molecule has 0 aromatic carbocycles. The van der Waals surface area contributed by atoms with Gasteiger partial charge in [-0.05, 0) is 19.3 Å². The van der Waals surface area contributed by atoms with E-state index in [1.54, 1.807) is 0 Å². The molecular weight excluding hydrogens is 208 g/mol. The normalized spacial score (nSPS) is 11.1. The Hall–Kier alpha value is 0.110. The highest BCUT2D eigenvalue weighted by Gasteiger charge is 2.25. The van der Waals surface area contributed by atoms with Crippen molar-refractivity contribution in [2.75, 3.05) is 17.3 Å². The molecule has 0 aliphatic carbocycles. The van der Waals surface area contributed by atoms with Gasteiger partial charge in [-0.2, -0.15) is 0 Å². The highest BCUT2D eigenvalue weighted by molar-refractivity contribution is 8.02. The Labute approximate surface area is 96.6 Å². The third-order valence-corrected chi connectivity index (χ3v) is 5.71. The zero-order valence-electron chi connectivity index (χ0n) is 10.6. The van der Waals surface area contributed by atoms with Crippen molar-refractivity contribution in [3.05, 3.63) is 0 Å². The highest BCUT2D eigenvalue weighted by Crippen LogP contribution is 2.14. The summed E-state index contributed by atoms with van der Waals surface area (Å²) in [5.41, 5.74) is 0. The van der Waals surface area contributed by atoms with E-state index in [2.05, 4.69) is 20.8 Å². The smallest absolute Gasteiger partial charge is 0.112 e. The second kappa shape index (κ2) is 10.6. The van der Waals surface area contributed by atoms with Crippen LogP contribution in [0.5, 0.6) is 0 Å². The van der Waals surface area contributed by atoms with Gasteiger partial charge in [-0.25, -0.2) is 0 Å². The van der Waals surface area contributed by atoms with Gasteiger partial charge in [0.15, 0.2) is 0 Å². The molecule has 0 rings (SSSR count). The molecule has 0 fully saturated rings. The minimum Gasteiger partial charge on any atom is -0.870 e. The fourth-order valence-electron chi connectivity index (χ4n) is 1.53. The van der Waals surface area contributed by atoms with Gasteiger partial charge in [0.05, 0.1) is 9.93 Å². The van der Waals surface area contributed by atoms with Crippen molar-refractivity contribution in [2.24, 2.45) is 0 Å². The van der Waals surface area contributed by atoms with Crippen LogP contribution in [0.2, 0.25) is 0 Å². The van der Waals surface area contributed by atoms with Gasteiger partial charge in [0.1, 0.15) is 17.3 Å². The van der Waals surface area contributed by atoms with E-state index in [0.29, 0.717) is 0 Å². The second-order valence-electron chi connectivity index (χ2n) is 4.14. The Morgan fingerprint density at radius 1 is 0.733 bits per heavy atom. The molecule has 0 spiro atoms. The molecule has 3 heteroatoms. The summed E-state index contributed by atoms with van der Waals surface area (Å²) in [7, 11) is -1.48. The molecule has 0 amide bonds. The molecule has 0 bridgehead atoms. The molecular formula is C12H28O2S. The Kier molecular flexibility index (Phi) is 12.4. The molecule has 0 aliphatic heterocycles. The fraction of sp³-hybridized carbons (Fsp3) is 1.00. The van der Waals surface area contributed by atoms with E-state index in [-0.39, 0.29) is 5.48 Å². The maximum Gasteiger partial charge on any atom is 0.112 e. The molecule has 0 radical (unpaired) electrons. The maximum absolute atomic E-state index is 12.5. The summed E-state index contributed by atoms with van der Waals surface area (Å²) < 4.78 is 12.5. The van der Waals surface area contributed by atoms with Crippen molar-refractivity contribution in [1.82, 2.24) is 0 Å². The predicted molar refractivity (Wildman–Crippen MR) is 69.3 cm³/mol. The third-order valence-electron chi connectivity index (χ3n) is 2.61. The lowest BCUT2D eigenvalue weighted by Crippen LogP contribution is -2.24.